The number of ether oxygens (including phenoxy) is 1. The summed E-state index contributed by atoms with van der Waals surface area (Å²) < 4.78 is 4.73. The van der Waals surface area contributed by atoms with Gasteiger partial charge in [0.1, 0.15) is 5.41 Å². The van der Waals surface area contributed by atoms with Crippen molar-refractivity contribution in [2.75, 3.05) is 20.3 Å². The number of nitrogens with zero attached hydrogens (tertiary/aromatic N) is 1. The molecule has 0 radical (unpaired) electrons. The lowest BCUT2D eigenvalue weighted by atomic mass is 9.83. The number of amides is 1. The van der Waals surface area contributed by atoms with E-state index in [2.05, 4.69) is 5.32 Å². The fourth-order valence-electron chi connectivity index (χ4n) is 1.41. The summed E-state index contributed by atoms with van der Waals surface area (Å²) in [6.45, 7) is 3.88. The van der Waals surface area contributed by atoms with Gasteiger partial charge in [-0.3, -0.25) is 4.79 Å². The van der Waals surface area contributed by atoms with Gasteiger partial charge in [0.25, 0.3) is 0 Å². The van der Waals surface area contributed by atoms with Crippen LogP contribution in [0.1, 0.15) is 26.7 Å². The second-order valence-corrected chi connectivity index (χ2v) is 3.72. The number of methoxy groups -OCH3 is 1. The van der Waals surface area contributed by atoms with Crippen LogP contribution in [0.2, 0.25) is 0 Å². The van der Waals surface area contributed by atoms with Crippen molar-refractivity contribution in [2.24, 2.45) is 5.41 Å². The molecule has 0 aliphatic carbocycles. The Morgan fingerprint density at radius 2 is 2.12 bits per heavy atom. The highest BCUT2D eigenvalue weighted by Gasteiger charge is 2.34. The molecule has 1 unspecified atom stereocenters. The van der Waals surface area contributed by atoms with E-state index in [1.165, 1.54) is 7.11 Å². The Labute approximate surface area is 96.4 Å². The van der Waals surface area contributed by atoms with Crippen LogP contribution in [0.3, 0.4) is 0 Å². The average Bonchev–Trinajstić information content (AvgIpc) is 2.30. The highest BCUT2D eigenvalue weighted by Crippen LogP contribution is 2.25. The molecule has 92 valence electrons. The van der Waals surface area contributed by atoms with E-state index in [1.807, 2.05) is 6.07 Å². The van der Waals surface area contributed by atoms with Crippen LogP contribution in [0.15, 0.2) is 0 Å². The van der Waals surface area contributed by atoms with Crippen molar-refractivity contribution in [2.45, 2.75) is 32.8 Å². The Kier molecular flexibility index (Phi) is 6.70. The molecule has 2 N–H and O–H groups in total. The lowest BCUT2D eigenvalue weighted by Crippen LogP contribution is -2.43. The third-order valence-electron chi connectivity index (χ3n) is 2.71. The van der Waals surface area contributed by atoms with Crippen LogP contribution in [0.5, 0.6) is 0 Å². The normalized spacial score (nSPS) is 12.9. The Balaban J connectivity index is 4.29. The summed E-state index contributed by atoms with van der Waals surface area (Å²) in [6.07, 6.45) is 0.192. The molecule has 1 atom stereocenters. The molecule has 0 aromatic rings. The maximum atomic E-state index is 11.8. The average molecular weight is 228 g/mol. The van der Waals surface area contributed by atoms with Crippen LogP contribution in [-0.2, 0) is 9.53 Å². The van der Waals surface area contributed by atoms with Crippen molar-refractivity contribution in [3.8, 4) is 6.07 Å². The second kappa shape index (κ2) is 7.20. The van der Waals surface area contributed by atoms with Crippen LogP contribution in [0.4, 0.5) is 0 Å². The van der Waals surface area contributed by atoms with Gasteiger partial charge in [-0.25, -0.2) is 0 Å². The Hall–Kier alpha value is -1.12. The molecule has 5 heteroatoms. The molecule has 0 rings (SSSR count). The van der Waals surface area contributed by atoms with Gasteiger partial charge in [-0.2, -0.15) is 5.26 Å². The smallest absolute Gasteiger partial charge is 0.240 e. The first-order valence-electron chi connectivity index (χ1n) is 5.42. The summed E-state index contributed by atoms with van der Waals surface area (Å²) in [4.78, 5) is 11.8. The highest BCUT2D eigenvalue weighted by atomic mass is 16.5. The van der Waals surface area contributed by atoms with Crippen molar-refractivity contribution >= 4 is 5.91 Å². The van der Waals surface area contributed by atoms with Gasteiger partial charge in [-0.15, -0.1) is 0 Å². The topological polar surface area (TPSA) is 82.4 Å². The van der Waals surface area contributed by atoms with Gasteiger partial charge in [0.05, 0.1) is 18.8 Å². The van der Waals surface area contributed by atoms with Gasteiger partial charge < -0.3 is 15.2 Å². The minimum Gasteiger partial charge on any atom is -0.389 e. The molecule has 0 aliphatic heterocycles. The van der Waals surface area contributed by atoms with Gasteiger partial charge in [-0.1, -0.05) is 13.8 Å². The maximum absolute atomic E-state index is 11.8. The molecule has 0 saturated heterocycles. The van der Waals surface area contributed by atoms with E-state index in [1.54, 1.807) is 13.8 Å². The van der Waals surface area contributed by atoms with E-state index in [9.17, 15) is 9.90 Å². The third-order valence-corrected chi connectivity index (χ3v) is 2.71. The number of hydrogen-bond donors (Lipinski definition) is 2. The molecule has 0 aromatic heterocycles. The fourth-order valence-corrected chi connectivity index (χ4v) is 1.41. The highest BCUT2D eigenvalue weighted by molar-refractivity contribution is 5.85. The van der Waals surface area contributed by atoms with Gasteiger partial charge >= 0.3 is 0 Å². The molecule has 1 amide bonds. The lowest BCUT2D eigenvalue weighted by Gasteiger charge is -2.22. The van der Waals surface area contributed by atoms with E-state index < -0.39 is 11.5 Å². The predicted octanol–water partition coefficient (Wildman–Crippen LogP) is 0.440. The minimum atomic E-state index is -0.979. The second-order valence-electron chi connectivity index (χ2n) is 3.72. The zero-order valence-electron chi connectivity index (χ0n) is 10.1. The summed E-state index contributed by atoms with van der Waals surface area (Å²) in [5, 5.41) is 20.9. The van der Waals surface area contributed by atoms with E-state index in [4.69, 9.17) is 10.00 Å². The van der Waals surface area contributed by atoms with Gasteiger partial charge in [0.2, 0.25) is 5.91 Å². The number of nitrogens with one attached hydrogen (secondary N) is 1. The summed E-state index contributed by atoms with van der Waals surface area (Å²) in [6, 6.07) is 2.05. The fraction of sp³-hybridized carbons (Fsp3) is 0.818. The van der Waals surface area contributed by atoms with E-state index >= 15 is 0 Å². The molecular weight excluding hydrogens is 208 g/mol. The van der Waals surface area contributed by atoms with Crippen LogP contribution < -0.4 is 5.32 Å². The van der Waals surface area contributed by atoms with Crippen LogP contribution in [0.25, 0.3) is 0 Å². The summed E-state index contributed by atoms with van der Waals surface area (Å²) in [7, 11) is 1.47. The first-order valence-corrected chi connectivity index (χ1v) is 5.42. The lowest BCUT2D eigenvalue weighted by molar-refractivity contribution is -0.129. The number of carbonyl (C=O) groups excluding carboxylic acids is 1. The summed E-state index contributed by atoms with van der Waals surface area (Å²) >= 11 is 0. The Morgan fingerprint density at radius 1 is 1.56 bits per heavy atom. The van der Waals surface area contributed by atoms with Crippen molar-refractivity contribution < 1.29 is 14.6 Å². The molecule has 0 bridgehead atoms. The van der Waals surface area contributed by atoms with Crippen molar-refractivity contribution in [3.05, 3.63) is 0 Å². The molecule has 0 spiro atoms. The standard InChI is InChI=1S/C11H20N2O3/c1-4-11(5-2,8-12)10(15)13-6-9(14)7-16-3/h9,14H,4-7H2,1-3H3,(H,13,15). The third kappa shape index (κ3) is 3.80. The first-order chi connectivity index (χ1) is 7.56. The first kappa shape index (κ1) is 14.9. The maximum Gasteiger partial charge on any atom is 0.240 e. The molecule has 0 saturated carbocycles. The van der Waals surface area contributed by atoms with Gasteiger partial charge in [0.15, 0.2) is 0 Å². The quantitative estimate of drug-likeness (QED) is 0.662. The van der Waals surface area contributed by atoms with Gasteiger partial charge in [-0.05, 0) is 12.8 Å². The van der Waals surface area contributed by atoms with Crippen LogP contribution >= 0.6 is 0 Å². The Bertz CT molecular complexity index is 256. The van der Waals surface area contributed by atoms with E-state index in [0.717, 1.165) is 0 Å². The summed E-state index contributed by atoms with van der Waals surface area (Å²) in [5.41, 5.74) is -0.979. The molecular formula is C11H20N2O3. The largest absolute Gasteiger partial charge is 0.389 e. The molecule has 16 heavy (non-hydrogen) atoms. The number of nitriles is 1. The molecule has 5 nitrogen and oxygen atoms in total. The van der Waals surface area contributed by atoms with Crippen LogP contribution in [-0.4, -0.2) is 37.4 Å². The molecule has 0 heterocycles. The SMILES string of the molecule is CCC(C#N)(CC)C(=O)NCC(O)COC. The minimum absolute atomic E-state index is 0.107. The number of aliphatic hydroxyl groups excluding tert-OH is 1. The molecule has 0 aliphatic rings. The number of rotatable bonds is 7. The van der Waals surface area contributed by atoms with Crippen LogP contribution in [0, 0.1) is 16.7 Å². The van der Waals surface area contributed by atoms with E-state index in [-0.39, 0.29) is 19.1 Å². The molecule has 0 aromatic carbocycles. The Morgan fingerprint density at radius 3 is 2.50 bits per heavy atom. The van der Waals surface area contributed by atoms with Crippen molar-refractivity contribution in [1.82, 2.24) is 5.32 Å². The predicted molar refractivity (Wildman–Crippen MR) is 59.5 cm³/mol. The number of hydrogen-bond acceptors (Lipinski definition) is 4. The van der Waals surface area contributed by atoms with Crippen molar-refractivity contribution in [1.29, 1.82) is 5.26 Å². The summed E-state index contributed by atoms with van der Waals surface area (Å²) in [5.74, 6) is -0.324. The zero-order chi connectivity index (χ0) is 12.6. The van der Waals surface area contributed by atoms with E-state index in [0.29, 0.717) is 12.8 Å². The zero-order valence-corrected chi connectivity index (χ0v) is 10.1. The number of aliphatic hydroxyl groups is 1. The molecule has 0 fully saturated rings. The number of carbonyl (C=O) groups is 1. The monoisotopic (exact) mass is 228 g/mol. The van der Waals surface area contributed by atoms with Crippen molar-refractivity contribution in [3.63, 3.8) is 0 Å². The van der Waals surface area contributed by atoms with Gasteiger partial charge in [0, 0.05) is 13.7 Å².